The quantitative estimate of drug-likeness (QED) is 0.548. The molecule has 0 unspecified atom stereocenters. The zero-order valence-electron chi connectivity index (χ0n) is 18.8. The topological polar surface area (TPSA) is 89.1 Å². The van der Waals surface area contributed by atoms with Crippen LogP contribution < -0.4 is 5.32 Å². The summed E-state index contributed by atoms with van der Waals surface area (Å²) in [5.41, 5.74) is 2.69. The Kier molecular flexibility index (Phi) is 6.12. The summed E-state index contributed by atoms with van der Waals surface area (Å²) < 4.78 is 25.0. The minimum absolute atomic E-state index is 0.130. The Labute approximate surface area is 192 Å². The van der Waals surface area contributed by atoms with Gasteiger partial charge in [0.25, 0.3) is 0 Å². The highest BCUT2D eigenvalue weighted by Gasteiger charge is 2.41. The number of hydrogen-bond donors (Lipinski definition) is 2. The molecular formula is C25H29FN4O3. The maximum absolute atomic E-state index is 13.5. The second-order valence-corrected chi connectivity index (χ2v) is 9.14. The Balaban J connectivity index is 1.29. The number of hydrogen-bond acceptors (Lipinski definition) is 6. The normalized spacial score (nSPS) is 25.4. The van der Waals surface area contributed by atoms with Crippen LogP contribution in [0, 0.1) is 11.7 Å². The summed E-state index contributed by atoms with van der Waals surface area (Å²) in [6.45, 7) is 1.61. The van der Waals surface area contributed by atoms with Gasteiger partial charge in [0.05, 0.1) is 29.9 Å². The monoisotopic (exact) mass is 452 g/mol. The molecule has 1 aliphatic carbocycles. The van der Waals surface area contributed by atoms with E-state index < -0.39 is 5.60 Å². The number of pyridine rings is 1. The number of H-pyrrole nitrogens is 1. The van der Waals surface area contributed by atoms with Gasteiger partial charge in [-0.25, -0.2) is 9.37 Å². The number of aromatic amines is 1. The van der Waals surface area contributed by atoms with Crippen LogP contribution in [0.25, 0.3) is 22.4 Å². The number of fused-ring (bicyclic) bond motifs is 1. The average Bonchev–Trinajstić information content (AvgIpc) is 3.48. The molecule has 2 aliphatic rings. The molecule has 8 heteroatoms. The molecule has 5 rings (SSSR count). The van der Waals surface area contributed by atoms with Crippen LogP contribution in [0.3, 0.4) is 0 Å². The summed E-state index contributed by atoms with van der Waals surface area (Å²) in [7, 11) is 1.44. The van der Waals surface area contributed by atoms with Gasteiger partial charge < -0.3 is 19.8 Å². The molecule has 33 heavy (non-hydrogen) atoms. The molecule has 3 aromatic rings. The highest BCUT2D eigenvalue weighted by molar-refractivity contribution is 5.79. The van der Waals surface area contributed by atoms with Crippen molar-refractivity contribution < 1.29 is 18.7 Å². The number of carbonyl (C=O) groups excluding carboxylic acids is 1. The van der Waals surface area contributed by atoms with Gasteiger partial charge in [0.15, 0.2) is 0 Å². The number of ether oxygens (including phenoxy) is 2. The van der Waals surface area contributed by atoms with Crippen molar-refractivity contribution in [1.82, 2.24) is 20.3 Å². The predicted octanol–water partition coefficient (Wildman–Crippen LogP) is 4.09. The standard InChI is InChI=1S/C25H29FN4O3/c1-32-23(31)12-16-2-6-19(7-3-16)33-25(10-11-27-15-25)22-9-4-17(14-28-22)24-29-20-8-5-18(26)13-21(20)30-24/h4-5,8-9,13-14,16,19,27H,2-3,6-7,10-12,15H2,1H3,(H,29,30)/t16?,19?,25-/m1/s1. The SMILES string of the molecule is COC(=O)CC1CCC(O[C@]2(c3ccc(-c4nc5ccc(F)cc5[nH]4)cn3)CCNC2)CC1. The molecule has 2 fully saturated rings. The van der Waals surface area contributed by atoms with E-state index in [4.69, 9.17) is 14.5 Å². The molecule has 1 atom stereocenters. The molecule has 1 saturated heterocycles. The number of benzene rings is 1. The number of carbonyl (C=O) groups is 1. The van der Waals surface area contributed by atoms with Gasteiger partial charge in [-0.15, -0.1) is 0 Å². The summed E-state index contributed by atoms with van der Waals surface area (Å²) in [6, 6.07) is 8.53. The van der Waals surface area contributed by atoms with Gasteiger partial charge >= 0.3 is 5.97 Å². The number of halogens is 1. The Morgan fingerprint density at radius 3 is 2.76 bits per heavy atom. The van der Waals surface area contributed by atoms with Crippen LogP contribution in [-0.4, -0.2) is 47.2 Å². The van der Waals surface area contributed by atoms with Crippen LogP contribution in [0.5, 0.6) is 0 Å². The zero-order chi connectivity index (χ0) is 22.8. The van der Waals surface area contributed by atoms with Crippen molar-refractivity contribution in [1.29, 1.82) is 0 Å². The third-order valence-corrected chi connectivity index (χ3v) is 6.93. The van der Waals surface area contributed by atoms with Crippen LogP contribution in [-0.2, 0) is 19.9 Å². The van der Waals surface area contributed by atoms with Crippen LogP contribution in [0.2, 0.25) is 0 Å². The maximum atomic E-state index is 13.5. The molecule has 1 aromatic carbocycles. The molecule has 2 aromatic heterocycles. The van der Waals surface area contributed by atoms with Crippen LogP contribution in [0.1, 0.15) is 44.2 Å². The van der Waals surface area contributed by atoms with Gasteiger partial charge in [0, 0.05) is 24.7 Å². The minimum Gasteiger partial charge on any atom is -0.469 e. The van der Waals surface area contributed by atoms with Crippen LogP contribution in [0.4, 0.5) is 4.39 Å². The van der Waals surface area contributed by atoms with Crippen molar-refractivity contribution >= 4 is 17.0 Å². The van der Waals surface area contributed by atoms with Gasteiger partial charge in [0.1, 0.15) is 17.2 Å². The minimum atomic E-state index is -0.449. The first kappa shape index (κ1) is 22.0. The highest BCUT2D eigenvalue weighted by atomic mass is 19.1. The van der Waals surface area contributed by atoms with Crippen molar-refractivity contribution in [3.63, 3.8) is 0 Å². The van der Waals surface area contributed by atoms with Crippen LogP contribution in [0.15, 0.2) is 36.5 Å². The molecule has 1 aliphatic heterocycles. The van der Waals surface area contributed by atoms with Gasteiger partial charge in [0.2, 0.25) is 0 Å². The molecule has 2 N–H and O–H groups in total. The first-order valence-electron chi connectivity index (χ1n) is 11.6. The molecule has 174 valence electrons. The average molecular weight is 453 g/mol. The molecule has 0 radical (unpaired) electrons. The number of rotatable bonds is 6. The summed E-state index contributed by atoms with van der Waals surface area (Å²) in [6.07, 6.45) is 7.16. The Hall–Kier alpha value is -2.84. The van der Waals surface area contributed by atoms with E-state index in [1.54, 1.807) is 12.3 Å². The highest BCUT2D eigenvalue weighted by Crippen LogP contribution is 2.38. The summed E-state index contributed by atoms with van der Waals surface area (Å²) >= 11 is 0. The molecule has 0 spiro atoms. The van der Waals surface area contributed by atoms with E-state index in [0.29, 0.717) is 23.7 Å². The smallest absolute Gasteiger partial charge is 0.305 e. The largest absolute Gasteiger partial charge is 0.469 e. The first-order valence-corrected chi connectivity index (χ1v) is 11.6. The third-order valence-electron chi connectivity index (χ3n) is 6.93. The van der Waals surface area contributed by atoms with Gasteiger partial charge in [-0.3, -0.25) is 9.78 Å². The lowest BCUT2D eigenvalue weighted by Gasteiger charge is -2.36. The number of esters is 1. The van der Waals surface area contributed by atoms with E-state index in [-0.39, 0.29) is 17.9 Å². The van der Waals surface area contributed by atoms with Crippen molar-refractivity contribution in [2.24, 2.45) is 5.92 Å². The van der Waals surface area contributed by atoms with E-state index in [0.717, 1.165) is 62.0 Å². The number of imidazole rings is 1. The summed E-state index contributed by atoms with van der Waals surface area (Å²) in [5.74, 6) is 0.621. The second kappa shape index (κ2) is 9.19. The van der Waals surface area contributed by atoms with Gasteiger partial charge in [-0.05, 0) is 74.9 Å². The molecular weight excluding hydrogens is 423 g/mol. The first-order chi connectivity index (χ1) is 16.0. The van der Waals surface area contributed by atoms with E-state index in [2.05, 4.69) is 15.3 Å². The number of methoxy groups -OCH3 is 1. The maximum Gasteiger partial charge on any atom is 0.305 e. The lowest BCUT2D eigenvalue weighted by atomic mass is 9.84. The molecule has 0 amide bonds. The van der Waals surface area contributed by atoms with Gasteiger partial charge in [-0.1, -0.05) is 0 Å². The Bertz CT molecular complexity index is 1120. The summed E-state index contributed by atoms with van der Waals surface area (Å²) in [5, 5.41) is 3.43. The van der Waals surface area contributed by atoms with Crippen LogP contribution >= 0.6 is 0 Å². The Morgan fingerprint density at radius 1 is 1.21 bits per heavy atom. The number of aromatic nitrogens is 3. The van der Waals surface area contributed by atoms with E-state index in [1.165, 1.54) is 19.2 Å². The van der Waals surface area contributed by atoms with E-state index in [9.17, 15) is 9.18 Å². The molecule has 1 saturated carbocycles. The molecule has 7 nitrogen and oxygen atoms in total. The summed E-state index contributed by atoms with van der Waals surface area (Å²) in [4.78, 5) is 24.1. The fraction of sp³-hybridized carbons (Fsp3) is 0.480. The van der Waals surface area contributed by atoms with E-state index >= 15 is 0 Å². The Morgan fingerprint density at radius 2 is 2.06 bits per heavy atom. The van der Waals surface area contributed by atoms with Gasteiger partial charge in [-0.2, -0.15) is 0 Å². The lowest BCUT2D eigenvalue weighted by Crippen LogP contribution is -2.38. The molecule has 0 bridgehead atoms. The number of nitrogens with one attached hydrogen (secondary N) is 2. The van der Waals surface area contributed by atoms with Crippen molar-refractivity contribution in [3.8, 4) is 11.4 Å². The fourth-order valence-electron chi connectivity index (χ4n) is 5.06. The van der Waals surface area contributed by atoms with Crippen molar-refractivity contribution in [2.75, 3.05) is 20.2 Å². The van der Waals surface area contributed by atoms with E-state index in [1.807, 2.05) is 12.1 Å². The predicted molar refractivity (Wildman–Crippen MR) is 122 cm³/mol. The lowest BCUT2D eigenvalue weighted by molar-refractivity contribution is -0.143. The fourth-order valence-corrected chi connectivity index (χ4v) is 5.06. The van der Waals surface area contributed by atoms with Crippen molar-refractivity contribution in [3.05, 3.63) is 48.0 Å². The van der Waals surface area contributed by atoms with Crippen molar-refractivity contribution in [2.45, 2.75) is 50.2 Å². The third kappa shape index (κ3) is 4.63. The second-order valence-electron chi connectivity index (χ2n) is 9.14. The zero-order valence-corrected chi connectivity index (χ0v) is 18.8. The molecule has 3 heterocycles. The number of nitrogens with zero attached hydrogens (tertiary/aromatic N) is 2.